The zero-order valence-corrected chi connectivity index (χ0v) is 10.9. The Morgan fingerprint density at radius 2 is 1.88 bits per heavy atom. The molecule has 1 aromatic rings. The van der Waals surface area contributed by atoms with Crippen molar-refractivity contribution in [1.82, 2.24) is 10.1 Å². The maximum absolute atomic E-state index is 9.47. The molecule has 1 aliphatic carbocycles. The molecule has 0 bridgehead atoms. The highest BCUT2D eigenvalue weighted by Gasteiger charge is 2.26. The zero-order valence-electron chi connectivity index (χ0n) is 10.9. The number of nitrogens with zero attached hydrogens (tertiary/aromatic N) is 2. The molecule has 0 aliphatic heterocycles. The molecule has 0 aromatic carbocycles. The highest BCUT2D eigenvalue weighted by molar-refractivity contribution is 4.97. The van der Waals surface area contributed by atoms with Crippen molar-refractivity contribution < 1.29 is 9.63 Å². The van der Waals surface area contributed by atoms with Crippen LogP contribution >= 0.6 is 0 Å². The molecule has 17 heavy (non-hydrogen) atoms. The molecule has 1 saturated carbocycles. The molecule has 2 rings (SSSR count). The van der Waals surface area contributed by atoms with E-state index in [-0.39, 0.29) is 11.5 Å². The summed E-state index contributed by atoms with van der Waals surface area (Å²) < 4.78 is 5.34. The molecule has 0 saturated heterocycles. The van der Waals surface area contributed by atoms with Gasteiger partial charge in [-0.2, -0.15) is 4.98 Å². The van der Waals surface area contributed by atoms with Crippen molar-refractivity contribution in [3.05, 3.63) is 11.7 Å². The molecule has 1 heterocycles. The van der Waals surface area contributed by atoms with Gasteiger partial charge >= 0.3 is 0 Å². The minimum absolute atomic E-state index is 0.136. The molecular formula is C13H22N2O2. The molecule has 96 valence electrons. The Bertz CT molecular complexity index is 360. The number of aliphatic hydroxyl groups is 1. The van der Waals surface area contributed by atoms with E-state index >= 15 is 0 Å². The number of aliphatic hydroxyl groups excluding tert-OH is 1. The van der Waals surface area contributed by atoms with E-state index in [1.165, 1.54) is 0 Å². The van der Waals surface area contributed by atoms with Crippen molar-refractivity contribution in [2.45, 2.75) is 64.9 Å². The van der Waals surface area contributed by atoms with Crippen LogP contribution in [0.15, 0.2) is 4.52 Å². The first kappa shape index (κ1) is 12.6. The summed E-state index contributed by atoms with van der Waals surface area (Å²) in [6.07, 6.45) is 4.31. The quantitative estimate of drug-likeness (QED) is 0.860. The summed E-state index contributed by atoms with van der Waals surface area (Å²) in [7, 11) is 0. The summed E-state index contributed by atoms with van der Waals surface area (Å²) in [5.74, 6) is 1.91. The highest BCUT2D eigenvalue weighted by atomic mass is 16.5. The van der Waals surface area contributed by atoms with Gasteiger partial charge in [-0.25, -0.2) is 0 Å². The van der Waals surface area contributed by atoms with Crippen molar-refractivity contribution in [2.24, 2.45) is 5.41 Å². The maximum Gasteiger partial charge on any atom is 0.229 e. The first-order valence-electron chi connectivity index (χ1n) is 6.44. The summed E-state index contributed by atoms with van der Waals surface area (Å²) >= 11 is 0. The van der Waals surface area contributed by atoms with Gasteiger partial charge in [0.05, 0.1) is 6.10 Å². The molecular weight excluding hydrogens is 216 g/mol. The predicted molar refractivity (Wildman–Crippen MR) is 64.7 cm³/mol. The summed E-state index contributed by atoms with van der Waals surface area (Å²) in [6.45, 7) is 6.50. The maximum atomic E-state index is 9.47. The zero-order chi connectivity index (χ0) is 12.5. The van der Waals surface area contributed by atoms with Gasteiger partial charge in [0.15, 0.2) is 5.82 Å². The predicted octanol–water partition coefficient (Wildman–Crippen LogP) is 2.68. The van der Waals surface area contributed by atoms with Crippen LogP contribution in [0.25, 0.3) is 0 Å². The standard InChI is InChI=1S/C13H22N2O2/c1-13(2,3)8-11-14-12(17-15-11)9-4-6-10(16)7-5-9/h9-10,16H,4-8H2,1-3H3. The van der Waals surface area contributed by atoms with E-state index in [1.54, 1.807) is 0 Å². The van der Waals surface area contributed by atoms with Gasteiger partial charge in [0.2, 0.25) is 5.89 Å². The SMILES string of the molecule is CC(C)(C)Cc1noc(C2CCC(O)CC2)n1. The van der Waals surface area contributed by atoms with Crippen molar-refractivity contribution in [3.8, 4) is 0 Å². The van der Waals surface area contributed by atoms with Crippen molar-refractivity contribution in [2.75, 3.05) is 0 Å². The fourth-order valence-electron chi connectivity index (χ4n) is 2.30. The average Bonchev–Trinajstić information content (AvgIpc) is 2.64. The Morgan fingerprint density at radius 3 is 2.47 bits per heavy atom. The Morgan fingerprint density at radius 1 is 1.24 bits per heavy atom. The molecule has 4 nitrogen and oxygen atoms in total. The minimum Gasteiger partial charge on any atom is -0.393 e. The first-order chi connectivity index (χ1) is 7.94. The van der Waals surface area contributed by atoms with E-state index in [4.69, 9.17) is 4.52 Å². The Labute approximate surface area is 102 Å². The lowest BCUT2D eigenvalue weighted by Gasteiger charge is -2.22. The van der Waals surface area contributed by atoms with E-state index in [9.17, 15) is 5.11 Å². The molecule has 1 N–H and O–H groups in total. The molecule has 0 spiro atoms. The van der Waals surface area contributed by atoms with Crippen LogP contribution in [-0.4, -0.2) is 21.4 Å². The van der Waals surface area contributed by atoms with Gasteiger partial charge in [-0.3, -0.25) is 0 Å². The third-order valence-corrected chi connectivity index (χ3v) is 3.22. The Kier molecular flexibility index (Phi) is 3.52. The smallest absolute Gasteiger partial charge is 0.229 e. The largest absolute Gasteiger partial charge is 0.393 e. The lowest BCUT2D eigenvalue weighted by atomic mass is 9.87. The fraction of sp³-hybridized carbons (Fsp3) is 0.846. The molecule has 4 heteroatoms. The van der Waals surface area contributed by atoms with E-state index in [1.807, 2.05) is 0 Å². The van der Waals surface area contributed by atoms with Crippen LogP contribution < -0.4 is 0 Å². The molecule has 0 unspecified atom stereocenters. The second-order valence-corrected chi connectivity index (χ2v) is 6.29. The van der Waals surface area contributed by atoms with Crippen LogP contribution in [0.3, 0.4) is 0 Å². The lowest BCUT2D eigenvalue weighted by molar-refractivity contribution is 0.116. The molecule has 1 aromatic heterocycles. The van der Waals surface area contributed by atoms with Gasteiger partial charge < -0.3 is 9.63 Å². The van der Waals surface area contributed by atoms with Gasteiger partial charge in [-0.05, 0) is 31.1 Å². The molecule has 0 amide bonds. The molecule has 1 fully saturated rings. The first-order valence-corrected chi connectivity index (χ1v) is 6.44. The topological polar surface area (TPSA) is 59.2 Å². The van der Waals surface area contributed by atoms with E-state index in [0.717, 1.165) is 43.8 Å². The van der Waals surface area contributed by atoms with Gasteiger partial charge in [0, 0.05) is 12.3 Å². The van der Waals surface area contributed by atoms with Gasteiger partial charge in [0.25, 0.3) is 0 Å². The highest BCUT2D eigenvalue weighted by Crippen LogP contribution is 2.32. The van der Waals surface area contributed by atoms with Gasteiger partial charge in [0.1, 0.15) is 0 Å². The number of hydrogen-bond donors (Lipinski definition) is 1. The van der Waals surface area contributed by atoms with E-state index in [2.05, 4.69) is 30.9 Å². The summed E-state index contributed by atoms with van der Waals surface area (Å²) in [5.41, 5.74) is 0.184. The molecule has 0 atom stereocenters. The summed E-state index contributed by atoms with van der Waals surface area (Å²) in [5, 5.41) is 13.5. The molecule has 0 radical (unpaired) electrons. The molecule has 1 aliphatic rings. The summed E-state index contributed by atoms with van der Waals surface area (Å²) in [6, 6.07) is 0. The van der Waals surface area contributed by atoms with Crippen LogP contribution in [-0.2, 0) is 6.42 Å². The van der Waals surface area contributed by atoms with Crippen LogP contribution in [0, 0.1) is 5.41 Å². The van der Waals surface area contributed by atoms with Crippen LogP contribution in [0.1, 0.15) is 64.1 Å². The summed E-state index contributed by atoms with van der Waals surface area (Å²) in [4.78, 5) is 4.48. The van der Waals surface area contributed by atoms with Crippen molar-refractivity contribution in [1.29, 1.82) is 0 Å². The van der Waals surface area contributed by atoms with Crippen LogP contribution in [0.4, 0.5) is 0 Å². The van der Waals surface area contributed by atoms with E-state index < -0.39 is 0 Å². The average molecular weight is 238 g/mol. The third-order valence-electron chi connectivity index (χ3n) is 3.22. The fourth-order valence-corrected chi connectivity index (χ4v) is 2.30. The second-order valence-electron chi connectivity index (χ2n) is 6.29. The van der Waals surface area contributed by atoms with E-state index in [0.29, 0.717) is 5.92 Å². The van der Waals surface area contributed by atoms with Crippen LogP contribution in [0.5, 0.6) is 0 Å². The minimum atomic E-state index is -0.136. The second kappa shape index (κ2) is 4.77. The van der Waals surface area contributed by atoms with Gasteiger partial charge in [-0.1, -0.05) is 25.9 Å². The number of rotatable bonds is 2. The monoisotopic (exact) mass is 238 g/mol. The van der Waals surface area contributed by atoms with Gasteiger partial charge in [-0.15, -0.1) is 0 Å². The normalized spacial score (nSPS) is 26.1. The number of aromatic nitrogens is 2. The van der Waals surface area contributed by atoms with Crippen molar-refractivity contribution in [3.63, 3.8) is 0 Å². The Balaban J connectivity index is 1.98. The van der Waals surface area contributed by atoms with Crippen molar-refractivity contribution >= 4 is 0 Å². The Hall–Kier alpha value is -0.900. The number of hydrogen-bond acceptors (Lipinski definition) is 4. The lowest BCUT2D eigenvalue weighted by Crippen LogP contribution is -2.17. The van der Waals surface area contributed by atoms with Crippen LogP contribution in [0.2, 0.25) is 0 Å². The third kappa shape index (κ3) is 3.53.